The summed E-state index contributed by atoms with van der Waals surface area (Å²) in [5.41, 5.74) is 3.31. The van der Waals surface area contributed by atoms with Crippen LogP contribution in [0.1, 0.15) is 34.6 Å². The predicted molar refractivity (Wildman–Crippen MR) is 88.6 cm³/mol. The average molecular weight is 309 g/mol. The molecule has 2 aromatic heterocycles. The topological polar surface area (TPSA) is 39.9 Å². The van der Waals surface area contributed by atoms with Gasteiger partial charge in [0.1, 0.15) is 6.10 Å². The Bertz CT molecular complexity index is 808. The fourth-order valence-electron chi connectivity index (χ4n) is 2.81. The summed E-state index contributed by atoms with van der Waals surface area (Å²) in [6, 6.07) is 17.6. The molecular weight excluding hydrogens is 290 g/mol. The van der Waals surface area contributed by atoms with Crippen molar-refractivity contribution in [3.05, 3.63) is 77.6 Å². The van der Waals surface area contributed by atoms with Gasteiger partial charge in [-0.3, -0.25) is 0 Å². The molecule has 0 saturated carbocycles. The molecule has 0 saturated heterocycles. The highest BCUT2D eigenvalue weighted by Gasteiger charge is 2.22. The number of methoxy groups -OCH3 is 1. The highest BCUT2D eigenvalue weighted by molar-refractivity contribution is 5.97. The summed E-state index contributed by atoms with van der Waals surface area (Å²) in [4.78, 5) is 12.2. The summed E-state index contributed by atoms with van der Waals surface area (Å²) < 4.78 is 12.9. The number of pyridine rings is 1. The van der Waals surface area contributed by atoms with Crippen molar-refractivity contribution < 1.29 is 14.3 Å². The molecule has 0 amide bonds. The summed E-state index contributed by atoms with van der Waals surface area (Å²) in [6.07, 6.45) is 1.68. The van der Waals surface area contributed by atoms with Crippen LogP contribution in [0.25, 0.3) is 5.52 Å². The molecule has 3 aromatic rings. The first-order valence-electron chi connectivity index (χ1n) is 7.61. The first kappa shape index (κ1) is 15.3. The van der Waals surface area contributed by atoms with Gasteiger partial charge in [0.15, 0.2) is 0 Å². The van der Waals surface area contributed by atoms with E-state index in [2.05, 4.69) is 0 Å². The monoisotopic (exact) mass is 309 g/mol. The number of hydrogen-bond acceptors (Lipinski definition) is 3. The van der Waals surface area contributed by atoms with Crippen molar-refractivity contribution in [2.24, 2.45) is 0 Å². The van der Waals surface area contributed by atoms with E-state index < -0.39 is 0 Å². The van der Waals surface area contributed by atoms with Gasteiger partial charge in [0.2, 0.25) is 0 Å². The van der Waals surface area contributed by atoms with Gasteiger partial charge in [0, 0.05) is 13.3 Å². The molecule has 3 rings (SSSR count). The van der Waals surface area contributed by atoms with Gasteiger partial charge in [-0.15, -0.1) is 0 Å². The molecule has 1 atom stereocenters. The smallest absolute Gasteiger partial charge is 0.340 e. The number of benzene rings is 1. The number of rotatable bonds is 5. The van der Waals surface area contributed by atoms with Gasteiger partial charge in [-0.25, -0.2) is 4.79 Å². The van der Waals surface area contributed by atoms with Crippen LogP contribution in [0.15, 0.2) is 60.8 Å². The molecule has 0 unspecified atom stereocenters. The maximum absolute atomic E-state index is 12.2. The summed E-state index contributed by atoms with van der Waals surface area (Å²) in [6.45, 7) is 2.16. The van der Waals surface area contributed by atoms with E-state index in [1.165, 1.54) is 0 Å². The molecule has 1 aromatic carbocycles. The molecule has 4 heteroatoms. The van der Waals surface area contributed by atoms with Gasteiger partial charge in [-0.1, -0.05) is 36.4 Å². The van der Waals surface area contributed by atoms with E-state index in [1.54, 1.807) is 14.0 Å². The minimum atomic E-state index is -0.314. The molecule has 0 spiro atoms. The molecule has 4 nitrogen and oxygen atoms in total. The number of carbonyl (C=O) groups is 1. The van der Waals surface area contributed by atoms with E-state index in [4.69, 9.17) is 9.47 Å². The Labute approximate surface area is 135 Å². The van der Waals surface area contributed by atoms with E-state index in [-0.39, 0.29) is 12.1 Å². The van der Waals surface area contributed by atoms with Crippen LogP contribution >= 0.6 is 0 Å². The number of nitrogens with zero attached hydrogens (tertiary/aromatic N) is 1. The van der Waals surface area contributed by atoms with Crippen molar-refractivity contribution in [2.75, 3.05) is 13.7 Å². The van der Waals surface area contributed by atoms with Crippen molar-refractivity contribution in [3.63, 3.8) is 0 Å². The molecule has 2 heterocycles. The predicted octanol–water partition coefficient (Wildman–Crippen LogP) is 3.85. The van der Waals surface area contributed by atoms with Crippen LogP contribution in [-0.4, -0.2) is 24.1 Å². The van der Waals surface area contributed by atoms with Gasteiger partial charge < -0.3 is 13.9 Å². The highest BCUT2D eigenvalue weighted by atomic mass is 16.5. The first-order chi connectivity index (χ1) is 11.3. The molecule has 118 valence electrons. The van der Waals surface area contributed by atoms with Crippen LogP contribution in [0.4, 0.5) is 0 Å². The zero-order valence-electron chi connectivity index (χ0n) is 13.2. The van der Waals surface area contributed by atoms with E-state index >= 15 is 0 Å². The van der Waals surface area contributed by atoms with Crippen molar-refractivity contribution >= 4 is 11.5 Å². The third-order valence-corrected chi connectivity index (χ3v) is 3.81. The Morgan fingerprint density at radius 2 is 1.87 bits per heavy atom. The molecule has 0 fully saturated rings. The van der Waals surface area contributed by atoms with Crippen molar-refractivity contribution in [3.8, 4) is 0 Å². The van der Waals surface area contributed by atoms with Crippen LogP contribution in [-0.2, 0) is 9.47 Å². The lowest BCUT2D eigenvalue weighted by molar-refractivity contribution is 0.0528. The Morgan fingerprint density at radius 3 is 2.57 bits per heavy atom. The molecule has 0 N–H and O–H groups in total. The maximum Gasteiger partial charge on any atom is 0.340 e. The van der Waals surface area contributed by atoms with Gasteiger partial charge in [-0.2, -0.15) is 0 Å². The molecule has 0 aliphatic carbocycles. The second kappa shape index (κ2) is 6.67. The number of esters is 1. The standard InChI is InChI=1S/C19H19NO3/c1-3-23-19(21)15-13-17(20-12-8-7-11-16(15)20)18(22-2)14-9-5-4-6-10-14/h4-13,18H,3H2,1-2H3/t18-/m0/s1. The molecule has 23 heavy (non-hydrogen) atoms. The number of fused-ring (bicyclic) bond motifs is 1. The number of carbonyl (C=O) groups excluding carboxylic acids is 1. The third kappa shape index (κ3) is 2.85. The molecule has 0 radical (unpaired) electrons. The van der Waals surface area contributed by atoms with Crippen LogP contribution in [0.2, 0.25) is 0 Å². The van der Waals surface area contributed by atoms with Crippen molar-refractivity contribution in [2.45, 2.75) is 13.0 Å². The van der Waals surface area contributed by atoms with Crippen LogP contribution in [0.5, 0.6) is 0 Å². The van der Waals surface area contributed by atoms with Crippen molar-refractivity contribution in [1.82, 2.24) is 4.40 Å². The lowest BCUT2D eigenvalue weighted by atomic mass is 10.1. The maximum atomic E-state index is 12.2. The van der Waals surface area contributed by atoms with E-state index in [0.29, 0.717) is 12.2 Å². The molecule has 0 bridgehead atoms. The fourth-order valence-corrected chi connectivity index (χ4v) is 2.81. The number of aromatic nitrogens is 1. The third-order valence-electron chi connectivity index (χ3n) is 3.81. The lowest BCUT2D eigenvalue weighted by Crippen LogP contribution is -2.06. The van der Waals surface area contributed by atoms with E-state index in [1.807, 2.05) is 65.2 Å². The second-order valence-corrected chi connectivity index (χ2v) is 5.19. The lowest BCUT2D eigenvalue weighted by Gasteiger charge is -2.16. The Hall–Kier alpha value is -2.59. The number of hydrogen-bond donors (Lipinski definition) is 0. The number of ether oxygens (including phenoxy) is 2. The van der Waals surface area contributed by atoms with Gasteiger partial charge >= 0.3 is 5.97 Å². The Balaban J connectivity index is 2.15. The van der Waals surface area contributed by atoms with Crippen LogP contribution in [0, 0.1) is 0 Å². The molecular formula is C19H19NO3. The van der Waals surface area contributed by atoms with Crippen LogP contribution in [0.3, 0.4) is 0 Å². The highest BCUT2D eigenvalue weighted by Crippen LogP contribution is 2.29. The quantitative estimate of drug-likeness (QED) is 0.672. The average Bonchev–Trinajstić information content (AvgIpc) is 2.97. The van der Waals surface area contributed by atoms with E-state index in [0.717, 1.165) is 16.8 Å². The van der Waals surface area contributed by atoms with Gasteiger partial charge in [-0.05, 0) is 30.7 Å². The minimum absolute atomic E-state index is 0.255. The minimum Gasteiger partial charge on any atom is -0.462 e. The fraction of sp³-hybridized carbons (Fsp3) is 0.211. The normalized spacial score (nSPS) is 12.3. The summed E-state index contributed by atoms with van der Waals surface area (Å²) in [5.74, 6) is -0.314. The zero-order chi connectivity index (χ0) is 16.2. The molecule has 0 aliphatic heterocycles. The SMILES string of the molecule is CCOC(=O)c1cc([C@@H](OC)c2ccccc2)n2ccccc12. The Kier molecular flexibility index (Phi) is 4.44. The second-order valence-electron chi connectivity index (χ2n) is 5.19. The summed E-state index contributed by atoms with van der Waals surface area (Å²) in [7, 11) is 1.67. The van der Waals surface area contributed by atoms with E-state index in [9.17, 15) is 4.79 Å². The van der Waals surface area contributed by atoms with Gasteiger partial charge in [0.05, 0.1) is 23.4 Å². The van der Waals surface area contributed by atoms with Crippen LogP contribution < -0.4 is 0 Å². The zero-order valence-corrected chi connectivity index (χ0v) is 13.2. The summed E-state index contributed by atoms with van der Waals surface area (Å²) in [5, 5.41) is 0. The van der Waals surface area contributed by atoms with Crippen molar-refractivity contribution in [1.29, 1.82) is 0 Å². The largest absolute Gasteiger partial charge is 0.462 e. The first-order valence-corrected chi connectivity index (χ1v) is 7.61. The summed E-state index contributed by atoms with van der Waals surface area (Å²) >= 11 is 0. The van der Waals surface area contributed by atoms with Gasteiger partial charge in [0.25, 0.3) is 0 Å². The molecule has 0 aliphatic rings. The Morgan fingerprint density at radius 1 is 1.13 bits per heavy atom.